The molecule has 0 radical (unpaired) electrons. The van der Waals surface area contributed by atoms with Crippen molar-refractivity contribution in [3.8, 4) is 5.75 Å². The van der Waals surface area contributed by atoms with Crippen LogP contribution in [0.2, 0.25) is 5.02 Å². The maximum atomic E-state index is 14.2. The second kappa shape index (κ2) is 10.4. The van der Waals surface area contributed by atoms with Gasteiger partial charge in [0.2, 0.25) is 5.95 Å². The summed E-state index contributed by atoms with van der Waals surface area (Å²) in [6.07, 6.45) is -3.59. The number of nitrogens with zero attached hydrogens (tertiary/aromatic N) is 3. The number of aromatic hydroxyl groups is 1. The summed E-state index contributed by atoms with van der Waals surface area (Å²) in [5.41, 5.74) is 3.80. The Morgan fingerprint density at radius 2 is 1.89 bits per heavy atom. The van der Waals surface area contributed by atoms with Crippen LogP contribution in [0.15, 0.2) is 42.6 Å². The third kappa shape index (κ3) is 5.86. The lowest BCUT2D eigenvalue weighted by Gasteiger charge is -2.28. The first-order chi connectivity index (χ1) is 17.1. The number of hydrogen-bond acceptors (Lipinski definition) is 8. The molecule has 9 nitrogen and oxygen atoms in total. The number of halogens is 5. The first-order valence-electron chi connectivity index (χ1n) is 10.5. The average Bonchev–Trinajstić information content (AvgIpc) is 2.85. The van der Waals surface area contributed by atoms with Crippen LogP contribution in [0, 0.1) is 5.82 Å². The zero-order chi connectivity index (χ0) is 25.9. The number of benzene rings is 2. The van der Waals surface area contributed by atoms with Crippen molar-refractivity contribution in [1.29, 1.82) is 0 Å². The molecule has 0 bridgehead atoms. The van der Waals surface area contributed by atoms with E-state index in [9.17, 15) is 27.5 Å². The van der Waals surface area contributed by atoms with Crippen molar-refractivity contribution in [3.05, 3.63) is 64.6 Å². The summed E-state index contributed by atoms with van der Waals surface area (Å²) in [6.45, 7) is 1.68. The highest BCUT2D eigenvalue weighted by atomic mass is 35.5. The maximum absolute atomic E-state index is 14.2. The smallest absolute Gasteiger partial charge is 0.416 e. The minimum atomic E-state index is -4.54. The summed E-state index contributed by atoms with van der Waals surface area (Å²) in [5, 5.41) is 12.8. The Labute approximate surface area is 207 Å². The Morgan fingerprint density at radius 1 is 1.14 bits per heavy atom. The molecule has 190 valence electrons. The summed E-state index contributed by atoms with van der Waals surface area (Å²) in [7, 11) is 0. The molecule has 0 atom stereocenters. The molecule has 4 N–H and O–H groups in total. The number of amides is 1. The molecule has 1 fully saturated rings. The van der Waals surface area contributed by atoms with Crippen LogP contribution < -0.4 is 21.1 Å². The van der Waals surface area contributed by atoms with E-state index in [0.29, 0.717) is 26.3 Å². The Bertz CT molecular complexity index is 1270. The van der Waals surface area contributed by atoms with Gasteiger partial charge in [-0.05, 0) is 30.3 Å². The molecule has 1 amide bonds. The van der Waals surface area contributed by atoms with Crippen molar-refractivity contribution in [3.63, 3.8) is 0 Å². The topological polar surface area (TPSA) is 112 Å². The standard InChI is InChI=1S/C22H19ClF4N6O3/c23-16-10-14(29-13-3-1-2-12(8-13)22(25,26)27)9-15(18(16)34)20(35)31-32-21-28-11-17(24)19(30-21)33-4-6-36-7-5-33/h1-3,8-11,29,34H,4-7H2,(H,31,35)(H,28,30,32). The predicted octanol–water partition coefficient (Wildman–Crippen LogP) is 4.33. The van der Waals surface area contributed by atoms with E-state index >= 15 is 0 Å². The summed E-state index contributed by atoms with van der Waals surface area (Å²) >= 11 is 6.02. The molecule has 0 aliphatic carbocycles. The van der Waals surface area contributed by atoms with Gasteiger partial charge in [0.1, 0.15) is 5.75 Å². The van der Waals surface area contributed by atoms with Gasteiger partial charge in [-0.2, -0.15) is 18.2 Å². The lowest BCUT2D eigenvalue weighted by atomic mass is 10.1. The highest BCUT2D eigenvalue weighted by Crippen LogP contribution is 2.34. The number of rotatable bonds is 6. The third-order valence-corrected chi connectivity index (χ3v) is 5.40. The molecule has 2 aromatic carbocycles. The number of phenolic OH excluding ortho intramolecular Hbond substituents is 1. The minimum Gasteiger partial charge on any atom is -0.506 e. The average molecular weight is 527 g/mol. The highest BCUT2D eigenvalue weighted by Gasteiger charge is 2.30. The van der Waals surface area contributed by atoms with Gasteiger partial charge in [-0.3, -0.25) is 15.6 Å². The quantitative estimate of drug-likeness (QED) is 0.213. The molecule has 4 rings (SSSR count). The minimum absolute atomic E-state index is 0.0308. The van der Waals surface area contributed by atoms with Crippen molar-refractivity contribution in [1.82, 2.24) is 15.4 Å². The molecular formula is C22H19ClF4N6O3. The molecule has 1 aliphatic rings. The fourth-order valence-corrected chi connectivity index (χ4v) is 3.60. The Hall–Kier alpha value is -3.84. The van der Waals surface area contributed by atoms with Crippen LogP contribution in [0.4, 0.5) is 40.7 Å². The van der Waals surface area contributed by atoms with E-state index in [-0.39, 0.29) is 33.7 Å². The number of phenols is 1. The number of carbonyl (C=O) groups is 1. The summed E-state index contributed by atoms with van der Waals surface area (Å²) in [5.74, 6) is -2.15. The Kier molecular flexibility index (Phi) is 7.31. The van der Waals surface area contributed by atoms with Gasteiger partial charge in [-0.15, -0.1) is 0 Å². The molecule has 0 saturated carbocycles. The van der Waals surface area contributed by atoms with Crippen molar-refractivity contribution < 1.29 is 32.2 Å². The molecule has 1 saturated heterocycles. The molecular weight excluding hydrogens is 508 g/mol. The van der Waals surface area contributed by atoms with E-state index in [2.05, 4.69) is 26.1 Å². The van der Waals surface area contributed by atoms with Crippen LogP contribution in [-0.4, -0.2) is 47.3 Å². The second-order valence-corrected chi connectivity index (χ2v) is 8.01. The first-order valence-corrected chi connectivity index (χ1v) is 10.9. The summed E-state index contributed by atoms with van der Waals surface area (Å²) < 4.78 is 58.4. The van der Waals surface area contributed by atoms with E-state index in [1.165, 1.54) is 24.3 Å². The monoisotopic (exact) mass is 526 g/mol. The Balaban J connectivity index is 1.49. The number of alkyl halides is 3. The molecule has 14 heteroatoms. The van der Waals surface area contributed by atoms with Gasteiger partial charge in [-0.25, -0.2) is 9.37 Å². The van der Waals surface area contributed by atoms with Gasteiger partial charge in [0, 0.05) is 24.5 Å². The molecule has 1 aromatic heterocycles. The maximum Gasteiger partial charge on any atom is 0.416 e. The van der Waals surface area contributed by atoms with Crippen molar-refractivity contribution in [2.24, 2.45) is 0 Å². The molecule has 0 spiro atoms. The van der Waals surface area contributed by atoms with Crippen LogP contribution in [0.1, 0.15) is 15.9 Å². The molecule has 0 unspecified atom stereocenters. The van der Waals surface area contributed by atoms with Crippen LogP contribution in [-0.2, 0) is 10.9 Å². The zero-order valence-electron chi connectivity index (χ0n) is 18.4. The lowest BCUT2D eigenvalue weighted by molar-refractivity contribution is -0.137. The molecule has 1 aliphatic heterocycles. The highest BCUT2D eigenvalue weighted by molar-refractivity contribution is 6.33. The van der Waals surface area contributed by atoms with E-state index in [4.69, 9.17) is 16.3 Å². The zero-order valence-corrected chi connectivity index (χ0v) is 19.1. The SMILES string of the molecule is O=C(NNc1ncc(F)c(N2CCOCC2)n1)c1cc(Nc2cccc(C(F)(F)F)c2)cc(Cl)c1O. The predicted molar refractivity (Wildman–Crippen MR) is 124 cm³/mol. The van der Waals surface area contributed by atoms with Crippen LogP contribution in [0.3, 0.4) is 0 Å². The van der Waals surface area contributed by atoms with E-state index in [0.717, 1.165) is 18.3 Å². The van der Waals surface area contributed by atoms with Gasteiger partial charge < -0.3 is 20.1 Å². The lowest BCUT2D eigenvalue weighted by Crippen LogP contribution is -2.38. The number of aromatic nitrogens is 2. The van der Waals surface area contributed by atoms with Crippen LogP contribution >= 0.6 is 11.6 Å². The van der Waals surface area contributed by atoms with E-state index in [1.54, 1.807) is 4.90 Å². The van der Waals surface area contributed by atoms with Gasteiger partial charge >= 0.3 is 6.18 Å². The Morgan fingerprint density at radius 3 is 2.61 bits per heavy atom. The normalized spacial score (nSPS) is 13.9. The number of nitrogens with one attached hydrogen (secondary N) is 3. The van der Waals surface area contributed by atoms with E-state index < -0.39 is 29.2 Å². The van der Waals surface area contributed by atoms with Crippen molar-refractivity contribution >= 4 is 40.6 Å². The summed E-state index contributed by atoms with van der Waals surface area (Å²) in [6, 6.07) is 6.87. The van der Waals surface area contributed by atoms with E-state index in [1.807, 2.05) is 0 Å². The van der Waals surface area contributed by atoms with Crippen LogP contribution in [0.25, 0.3) is 0 Å². The van der Waals surface area contributed by atoms with Crippen molar-refractivity contribution in [2.45, 2.75) is 6.18 Å². The molecule has 36 heavy (non-hydrogen) atoms. The number of anilines is 4. The first kappa shape index (κ1) is 25.3. The van der Waals surface area contributed by atoms with Gasteiger partial charge in [0.25, 0.3) is 5.91 Å². The second-order valence-electron chi connectivity index (χ2n) is 7.60. The molecule has 3 aromatic rings. The number of carbonyl (C=O) groups excluding carboxylic acids is 1. The van der Waals surface area contributed by atoms with Gasteiger partial charge in [0.15, 0.2) is 11.6 Å². The van der Waals surface area contributed by atoms with Crippen molar-refractivity contribution in [2.75, 3.05) is 41.9 Å². The van der Waals surface area contributed by atoms with Crippen LogP contribution in [0.5, 0.6) is 5.75 Å². The third-order valence-electron chi connectivity index (χ3n) is 5.11. The largest absolute Gasteiger partial charge is 0.506 e. The van der Waals surface area contributed by atoms with Gasteiger partial charge in [-0.1, -0.05) is 17.7 Å². The fourth-order valence-electron chi connectivity index (χ4n) is 3.38. The summed E-state index contributed by atoms with van der Waals surface area (Å²) in [4.78, 5) is 22.2. The number of hydrazine groups is 1. The number of hydrogen-bond donors (Lipinski definition) is 4. The number of morpholine rings is 1. The molecule has 2 heterocycles. The number of ether oxygens (including phenoxy) is 1. The van der Waals surface area contributed by atoms with Gasteiger partial charge in [0.05, 0.1) is 35.6 Å². The fraction of sp³-hybridized carbons (Fsp3) is 0.227.